The molecule has 22 heavy (non-hydrogen) atoms. The SMILES string of the molecule is N[C@H]1C[C@H](C(=O)N2CCN(c3ccccc3F)CC2)C[C@@H]1O. The third kappa shape index (κ3) is 2.94. The molecular weight excluding hydrogens is 285 g/mol. The van der Waals surface area contributed by atoms with E-state index in [4.69, 9.17) is 5.73 Å². The molecule has 1 aromatic carbocycles. The fourth-order valence-corrected chi connectivity index (χ4v) is 3.38. The molecule has 1 aliphatic carbocycles. The van der Waals surface area contributed by atoms with Crippen LogP contribution in [0.4, 0.5) is 10.1 Å². The Labute approximate surface area is 129 Å². The van der Waals surface area contributed by atoms with Crippen LogP contribution in [0.5, 0.6) is 0 Å². The number of benzene rings is 1. The largest absolute Gasteiger partial charge is 0.391 e. The zero-order chi connectivity index (χ0) is 15.7. The van der Waals surface area contributed by atoms with E-state index in [1.165, 1.54) is 6.07 Å². The van der Waals surface area contributed by atoms with E-state index in [1.807, 2.05) is 15.9 Å². The van der Waals surface area contributed by atoms with E-state index in [9.17, 15) is 14.3 Å². The Morgan fingerprint density at radius 3 is 2.45 bits per heavy atom. The summed E-state index contributed by atoms with van der Waals surface area (Å²) in [5.41, 5.74) is 6.37. The van der Waals surface area contributed by atoms with Crippen LogP contribution in [-0.2, 0) is 4.79 Å². The van der Waals surface area contributed by atoms with Crippen LogP contribution in [0.1, 0.15) is 12.8 Å². The Kier molecular flexibility index (Phi) is 4.31. The summed E-state index contributed by atoms with van der Waals surface area (Å²) in [6, 6.07) is 6.41. The molecule has 1 aromatic rings. The molecule has 120 valence electrons. The smallest absolute Gasteiger partial charge is 0.225 e. The number of carbonyl (C=O) groups is 1. The van der Waals surface area contributed by atoms with Crippen LogP contribution < -0.4 is 10.6 Å². The van der Waals surface area contributed by atoms with Crippen LogP contribution in [0.25, 0.3) is 0 Å². The van der Waals surface area contributed by atoms with Crippen LogP contribution in [0.2, 0.25) is 0 Å². The van der Waals surface area contributed by atoms with E-state index in [-0.39, 0.29) is 23.7 Å². The van der Waals surface area contributed by atoms with Crippen molar-refractivity contribution in [2.24, 2.45) is 11.7 Å². The summed E-state index contributed by atoms with van der Waals surface area (Å²) < 4.78 is 13.8. The van der Waals surface area contributed by atoms with E-state index in [0.717, 1.165) is 0 Å². The van der Waals surface area contributed by atoms with Crippen molar-refractivity contribution >= 4 is 11.6 Å². The Hall–Kier alpha value is -1.66. The lowest BCUT2D eigenvalue weighted by molar-refractivity contribution is -0.135. The highest BCUT2D eigenvalue weighted by Gasteiger charge is 2.37. The molecule has 3 N–H and O–H groups in total. The normalized spacial score (nSPS) is 29.0. The molecule has 3 rings (SSSR count). The van der Waals surface area contributed by atoms with Gasteiger partial charge in [-0.3, -0.25) is 4.79 Å². The van der Waals surface area contributed by atoms with Gasteiger partial charge in [0.05, 0.1) is 11.8 Å². The van der Waals surface area contributed by atoms with Gasteiger partial charge >= 0.3 is 0 Å². The Morgan fingerprint density at radius 2 is 1.86 bits per heavy atom. The summed E-state index contributed by atoms with van der Waals surface area (Å²) in [5.74, 6) is -0.336. The lowest BCUT2D eigenvalue weighted by Gasteiger charge is -2.37. The second-order valence-electron chi connectivity index (χ2n) is 6.16. The van der Waals surface area contributed by atoms with Crippen LogP contribution in [0.3, 0.4) is 0 Å². The van der Waals surface area contributed by atoms with Gasteiger partial charge in [-0.25, -0.2) is 4.39 Å². The number of rotatable bonds is 2. The van der Waals surface area contributed by atoms with Crippen LogP contribution in [0.15, 0.2) is 24.3 Å². The number of aliphatic hydroxyl groups excluding tert-OH is 1. The first-order valence-corrected chi connectivity index (χ1v) is 7.78. The van der Waals surface area contributed by atoms with E-state index in [1.54, 1.807) is 12.1 Å². The molecule has 1 saturated heterocycles. The summed E-state index contributed by atoms with van der Waals surface area (Å²) in [5, 5.41) is 9.69. The first kappa shape index (κ1) is 15.2. The molecule has 0 spiro atoms. The van der Waals surface area contributed by atoms with E-state index in [2.05, 4.69) is 0 Å². The van der Waals surface area contributed by atoms with Crippen molar-refractivity contribution in [3.8, 4) is 0 Å². The van der Waals surface area contributed by atoms with Crippen molar-refractivity contribution < 1.29 is 14.3 Å². The highest BCUT2D eigenvalue weighted by molar-refractivity contribution is 5.79. The summed E-state index contributed by atoms with van der Waals surface area (Å²) in [7, 11) is 0. The minimum Gasteiger partial charge on any atom is -0.391 e. The summed E-state index contributed by atoms with van der Waals surface area (Å²) in [6.07, 6.45) is 0.426. The molecule has 1 heterocycles. The maximum absolute atomic E-state index is 13.8. The van der Waals surface area contributed by atoms with Gasteiger partial charge in [0, 0.05) is 38.1 Å². The van der Waals surface area contributed by atoms with Gasteiger partial charge in [-0.05, 0) is 25.0 Å². The number of anilines is 1. The molecule has 2 fully saturated rings. The maximum Gasteiger partial charge on any atom is 0.225 e. The van der Waals surface area contributed by atoms with Gasteiger partial charge in [0.25, 0.3) is 0 Å². The Bertz CT molecular complexity index is 536. The van der Waals surface area contributed by atoms with E-state index < -0.39 is 6.10 Å². The van der Waals surface area contributed by atoms with Gasteiger partial charge in [-0.15, -0.1) is 0 Å². The van der Waals surface area contributed by atoms with Gasteiger partial charge in [0.2, 0.25) is 5.91 Å². The molecule has 2 aliphatic rings. The van der Waals surface area contributed by atoms with Crippen molar-refractivity contribution in [2.45, 2.75) is 25.0 Å². The van der Waals surface area contributed by atoms with Gasteiger partial charge in [-0.1, -0.05) is 12.1 Å². The average molecular weight is 307 g/mol. The number of hydrogen-bond acceptors (Lipinski definition) is 4. The zero-order valence-electron chi connectivity index (χ0n) is 12.5. The first-order valence-electron chi connectivity index (χ1n) is 7.78. The second-order valence-corrected chi connectivity index (χ2v) is 6.16. The van der Waals surface area contributed by atoms with Crippen molar-refractivity contribution in [2.75, 3.05) is 31.1 Å². The standard InChI is InChI=1S/C16H22FN3O2/c17-12-3-1-2-4-14(12)19-5-7-20(8-6-19)16(22)11-9-13(18)15(21)10-11/h1-4,11,13,15,21H,5-10,18H2/t11-,13-,15-/m0/s1. The van der Waals surface area contributed by atoms with Gasteiger partial charge in [0.1, 0.15) is 5.82 Å². The van der Waals surface area contributed by atoms with Gasteiger partial charge < -0.3 is 20.6 Å². The minimum atomic E-state index is -0.575. The monoisotopic (exact) mass is 307 g/mol. The third-order valence-electron chi connectivity index (χ3n) is 4.71. The fraction of sp³-hybridized carbons (Fsp3) is 0.562. The predicted molar refractivity (Wildman–Crippen MR) is 81.9 cm³/mol. The molecule has 0 aromatic heterocycles. The van der Waals surface area contributed by atoms with Crippen LogP contribution in [-0.4, -0.2) is 54.2 Å². The highest BCUT2D eigenvalue weighted by Crippen LogP contribution is 2.27. The van der Waals surface area contributed by atoms with Crippen LogP contribution >= 0.6 is 0 Å². The van der Waals surface area contributed by atoms with E-state index >= 15 is 0 Å². The molecule has 1 aliphatic heterocycles. The molecule has 0 unspecified atom stereocenters. The molecule has 5 nitrogen and oxygen atoms in total. The number of aliphatic hydroxyl groups is 1. The van der Waals surface area contributed by atoms with Gasteiger partial charge in [-0.2, -0.15) is 0 Å². The first-order chi connectivity index (χ1) is 10.6. The summed E-state index contributed by atoms with van der Waals surface area (Å²) in [6.45, 7) is 2.39. The third-order valence-corrected chi connectivity index (χ3v) is 4.71. The quantitative estimate of drug-likeness (QED) is 0.838. The van der Waals surface area contributed by atoms with Crippen molar-refractivity contribution in [3.05, 3.63) is 30.1 Å². The summed E-state index contributed by atoms with van der Waals surface area (Å²) in [4.78, 5) is 16.2. The molecule has 0 radical (unpaired) electrons. The zero-order valence-corrected chi connectivity index (χ0v) is 12.5. The second kappa shape index (κ2) is 6.22. The highest BCUT2D eigenvalue weighted by atomic mass is 19.1. The van der Waals surface area contributed by atoms with Crippen molar-refractivity contribution in [1.29, 1.82) is 0 Å². The van der Waals surface area contributed by atoms with Gasteiger partial charge in [0.15, 0.2) is 0 Å². The molecule has 6 heteroatoms. The number of nitrogens with two attached hydrogens (primary N) is 1. The maximum atomic E-state index is 13.8. The molecule has 3 atom stereocenters. The number of hydrogen-bond donors (Lipinski definition) is 2. The lowest BCUT2D eigenvalue weighted by Crippen LogP contribution is -2.50. The number of piperazine rings is 1. The number of carbonyl (C=O) groups excluding carboxylic acids is 1. The Morgan fingerprint density at radius 1 is 1.18 bits per heavy atom. The fourth-order valence-electron chi connectivity index (χ4n) is 3.38. The number of halogens is 1. The van der Waals surface area contributed by atoms with Crippen molar-refractivity contribution in [3.63, 3.8) is 0 Å². The Balaban J connectivity index is 1.58. The number of amides is 1. The molecule has 1 amide bonds. The number of nitrogens with zero attached hydrogens (tertiary/aromatic N) is 2. The van der Waals surface area contributed by atoms with Crippen LogP contribution in [0, 0.1) is 11.7 Å². The number of para-hydroxylation sites is 1. The molecular formula is C16H22FN3O2. The lowest BCUT2D eigenvalue weighted by atomic mass is 10.1. The molecule has 0 bridgehead atoms. The average Bonchev–Trinajstić information content (AvgIpc) is 2.87. The van der Waals surface area contributed by atoms with E-state index in [0.29, 0.717) is 44.7 Å². The minimum absolute atomic E-state index is 0.0696. The topological polar surface area (TPSA) is 69.8 Å². The summed E-state index contributed by atoms with van der Waals surface area (Å²) >= 11 is 0. The molecule has 1 saturated carbocycles. The predicted octanol–water partition coefficient (Wildman–Crippen LogP) is 0.572. The van der Waals surface area contributed by atoms with Crippen molar-refractivity contribution in [1.82, 2.24) is 4.90 Å².